The average molecular weight is 634 g/mol. The van der Waals surface area contributed by atoms with Gasteiger partial charge in [0.05, 0.1) is 24.2 Å². The summed E-state index contributed by atoms with van der Waals surface area (Å²) in [5.74, 6) is 1.82. The Bertz CT molecular complexity index is 1140. The molecule has 0 aromatic heterocycles. The maximum atomic E-state index is 11.2. The minimum Gasteiger partial charge on any atom is -0.465 e. The van der Waals surface area contributed by atoms with E-state index < -0.39 is 0 Å². The van der Waals surface area contributed by atoms with Gasteiger partial charge in [-0.1, -0.05) is 89.9 Å². The first-order chi connectivity index (χ1) is 19.1. The van der Waals surface area contributed by atoms with E-state index in [4.69, 9.17) is 21.9 Å². The summed E-state index contributed by atoms with van der Waals surface area (Å²) in [5, 5.41) is 0. The van der Waals surface area contributed by atoms with Crippen LogP contribution in [0.2, 0.25) is 0 Å². The first-order valence-electron chi connectivity index (χ1n) is 13.4. The van der Waals surface area contributed by atoms with Crippen molar-refractivity contribution in [2.75, 3.05) is 25.2 Å². The smallest absolute Gasteiger partial charge is 0.344 e. The van der Waals surface area contributed by atoms with Crippen molar-refractivity contribution in [2.24, 2.45) is 23.1 Å². The van der Waals surface area contributed by atoms with Crippen LogP contribution in [0.1, 0.15) is 60.6 Å². The van der Waals surface area contributed by atoms with Crippen molar-refractivity contribution < 1.29 is 19.1 Å². The molecule has 1 aromatic rings. The van der Waals surface area contributed by atoms with Crippen molar-refractivity contribution in [2.45, 2.75) is 74.0 Å². The monoisotopic (exact) mass is 633 g/mol. The van der Waals surface area contributed by atoms with Crippen molar-refractivity contribution >= 4 is 41.5 Å². The molecule has 4 unspecified atom stereocenters. The summed E-state index contributed by atoms with van der Waals surface area (Å²) in [4.78, 5) is 24.0. The number of fused-ring (bicyclic) bond motifs is 1. The van der Waals surface area contributed by atoms with Crippen LogP contribution in [0.15, 0.2) is 76.1 Å². The number of rotatable bonds is 3. The Morgan fingerprint density at radius 1 is 0.907 bits per heavy atom. The summed E-state index contributed by atoms with van der Waals surface area (Å²) >= 11 is 3.29. The summed E-state index contributed by atoms with van der Waals surface area (Å²) < 4.78 is 9.37. The molecular formula is C34H55N3O4S2. The molecule has 242 valence electrons. The fourth-order valence-electron chi connectivity index (χ4n) is 3.95. The summed E-state index contributed by atoms with van der Waals surface area (Å²) in [6.07, 6.45) is 15.8. The van der Waals surface area contributed by atoms with Crippen LogP contribution < -0.4 is 17.2 Å². The standard InChI is InChI=1S/C10H11N.C10H14O2.C6H9NO2S.C5H9NS.3CH4/c11-10-6-5-8-3-1-2-4-9(8)7-10;1-3-12-10(11)9-6-4-5-8(2)7-9;1-9-6(8)5-2-4(7)3-10-5;1-4-2-5(6)3-7-4;;;/h1-6,10H,7,11H2;4,6-8H,3,5H2,1-2H3;2,4H,3,7H2,1H3;2,5H,3,6H2,1H3;3*1H4. The van der Waals surface area contributed by atoms with Crippen LogP contribution in [0.4, 0.5) is 0 Å². The van der Waals surface area contributed by atoms with E-state index in [-0.39, 0.29) is 46.3 Å². The Balaban J connectivity index is 0. The zero-order valence-corrected chi connectivity index (χ0v) is 25.5. The lowest BCUT2D eigenvalue weighted by atomic mass is 9.95. The van der Waals surface area contributed by atoms with E-state index in [1.54, 1.807) is 6.08 Å². The third-order valence-electron chi connectivity index (χ3n) is 5.95. The lowest BCUT2D eigenvalue weighted by Crippen LogP contribution is -2.22. The predicted molar refractivity (Wildman–Crippen MR) is 190 cm³/mol. The maximum absolute atomic E-state index is 11.2. The Labute approximate surface area is 269 Å². The number of methoxy groups -OCH3 is 1. The second-order valence-corrected chi connectivity index (χ2v) is 12.0. The van der Waals surface area contributed by atoms with E-state index in [0.29, 0.717) is 29.0 Å². The van der Waals surface area contributed by atoms with Crippen LogP contribution in [-0.4, -0.2) is 55.3 Å². The van der Waals surface area contributed by atoms with E-state index in [9.17, 15) is 9.59 Å². The van der Waals surface area contributed by atoms with Gasteiger partial charge in [-0.2, -0.15) is 0 Å². The molecule has 2 aliphatic heterocycles. The zero-order valence-electron chi connectivity index (χ0n) is 23.9. The number of ether oxygens (including phenoxy) is 2. The summed E-state index contributed by atoms with van der Waals surface area (Å²) in [6.45, 7) is 6.44. The third-order valence-corrected chi connectivity index (χ3v) is 8.26. The number of hydrogen-bond acceptors (Lipinski definition) is 9. The lowest BCUT2D eigenvalue weighted by Gasteiger charge is -2.14. The molecule has 43 heavy (non-hydrogen) atoms. The van der Waals surface area contributed by atoms with Gasteiger partial charge in [0.1, 0.15) is 0 Å². The highest BCUT2D eigenvalue weighted by atomic mass is 32.2. The van der Waals surface area contributed by atoms with Crippen LogP contribution in [0.25, 0.3) is 6.08 Å². The number of nitrogens with two attached hydrogens (primary N) is 3. The van der Waals surface area contributed by atoms with E-state index in [0.717, 1.165) is 24.3 Å². The van der Waals surface area contributed by atoms with Gasteiger partial charge in [0.25, 0.3) is 0 Å². The van der Waals surface area contributed by atoms with Gasteiger partial charge < -0.3 is 26.7 Å². The van der Waals surface area contributed by atoms with Crippen molar-refractivity contribution in [1.29, 1.82) is 0 Å². The molecule has 2 heterocycles. The van der Waals surface area contributed by atoms with Crippen molar-refractivity contribution in [3.05, 3.63) is 87.2 Å². The molecule has 1 aromatic carbocycles. The molecule has 0 spiro atoms. The van der Waals surface area contributed by atoms with Gasteiger partial charge in [-0.05, 0) is 54.7 Å². The van der Waals surface area contributed by atoms with E-state index in [1.807, 2.05) is 36.9 Å². The molecule has 5 rings (SSSR count). The Morgan fingerprint density at radius 2 is 1.56 bits per heavy atom. The highest BCUT2D eigenvalue weighted by Gasteiger charge is 2.18. The molecule has 0 saturated carbocycles. The lowest BCUT2D eigenvalue weighted by molar-refractivity contribution is -0.138. The maximum Gasteiger partial charge on any atom is 0.344 e. The normalized spacial score (nSPS) is 22.2. The molecule has 0 fully saturated rings. The molecule has 6 N–H and O–H groups in total. The molecule has 4 aliphatic rings. The Morgan fingerprint density at radius 3 is 2.07 bits per heavy atom. The number of hydrogen-bond donors (Lipinski definition) is 3. The zero-order chi connectivity index (χ0) is 29.5. The average Bonchev–Trinajstić information content (AvgIpc) is 3.56. The van der Waals surface area contributed by atoms with Gasteiger partial charge in [0.15, 0.2) is 0 Å². The predicted octanol–water partition coefficient (Wildman–Crippen LogP) is 6.65. The SMILES string of the molecule is C.C.C.CC1=CC(N)CS1.CCOC(=O)C1=CC(C)CC=C1.COC(=O)C1=CC(N)CS1.NC1C=Cc2ccccc2C1. The highest BCUT2D eigenvalue weighted by Crippen LogP contribution is 2.25. The number of allylic oxidation sites excluding steroid dienone is 3. The van der Waals surface area contributed by atoms with Gasteiger partial charge in [-0.3, -0.25) is 0 Å². The number of carbonyl (C=O) groups excluding carboxylic acids is 2. The first kappa shape index (κ1) is 42.6. The number of carbonyl (C=O) groups is 2. The largest absolute Gasteiger partial charge is 0.465 e. The van der Waals surface area contributed by atoms with Crippen molar-refractivity contribution in [3.63, 3.8) is 0 Å². The molecule has 9 heteroatoms. The quantitative estimate of drug-likeness (QED) is 0.313. The molecule has 0 radical (unpaired) electrons. The number of benzene rings is 1. The van der Waals surface area contributed by atoms with Crippen molar-refractivity contribution in [1.82, 2.24) is 0 Å². The third kappa shape index (κ3) is 16.2. The minimum atomic E-state index is -0.280. The van der Waals surface area contributed by atoms with Crippen LogP contribution in [0, 0.1) is 5.92 Å². The van der Waals surface area contributed by atoms with E-state index >= 15 is 0 Å². The first-order valence-corrected chi connectivity index (χ1v) is 15.4. The minimum absolute atomic E-state index is 0. The van der Waals surface area contributed by atoms with Crippen LogP contribution in [0.5, 0.6) is 0 Å². The van der Waals surface area contributed by atoms with Gasteiger partial charge in [-0.25, -0.2) is 9.59 Å². The summed E-state index contributed by atoms with van der Waals surface area (Å²) in [5.41, 5.74) is 20.2. The second kappa shape index (κ2) is 22.9. The molecule has 7 nitrogen and oxygen atoms in total. The van der Waals surface area contributed by atoms with Gasteiger partial charge in [0, 0.05) is 29.6 Å². The number of thioether (sulfide) groups is 2. The van der Waals surface area contributed by atoms with Gasteiger partial charge in [-0.15, -0.1) is 23.5 Å². The second-order valence-electron chi connectivity index (χ2n) is 9.63. The van der Waals surface area contributed by atoms with Crippen LogP contribution in [-0.2, 0) is 25.5 Å². The van der Waals surface area contributed by atoms with Crippen LogP contribution in [0.3, 0.4) is 0 Å². The molecule has 4 atom stereocenters. The molecule has 0 bridgehead atoms. The molecular weight excluding hydrogens is 579 g/mol. The Hall–Kier alpha value is -2.56. The van der Waals surface area contributed by atoms with E-state index in [1.165, 1.54) is 34.9 Å². The van der Waals surface area contributed by atoms with Gasteiger partial charge >= 0.3 is 11.9 Å². The fraction of sp³-hybridized carbons (Fsp3) is 0.471. The molecule has 2 aliphatic carbocycles. The van der Waals surface area contributed by atoms with E-state index in [2.05, 4.69) is 61.1 Å². The fourth-order valence-corrected chi connectivity index (χ4v) is 5.71. The molecule has 0 amide bonds. The topological polar surface area (TPSA) is 131 Å². The molecule has 0 saturated heterocycles. The highest BCUT2D eigenvalue weighted by molar-refractivity contribution is 8.04. The van der Waals surface area contributed by atoms with Crippen molar-refractivity contribution in [3.8, 4) is 0 Å². The van der Waals surface area contributed by atoms with Crippen LogP contribution >= 0.6 is 23.5 Å². The Kier molecular flexibility index (Phi) is 22.7. The summed E-state index contributed by atoms with van der Waals surface area (Å²) in [7, 11) is 1.37. The summed E-state index contributed by atoms with van der Waals surface area (Å²) in [6, 6.07) is 8.93. The number of esters is 2. The van der Waals surface area contributed by atoms with Gasteiger partial charge in [0.2, 0.25) is 0 Å².